The van der Waals surface area contributed by atoms with Crippen molar-refractivity contribution in [3.8, 4) is 0 Å². The highest BCUT2D eigenvalue weighted by atomic mass is 32.1. The van der Waals surface area contributed by atoms with Crippen molar-refractivity contribution < 1.29 is 19.4 Å². The largest absolute Gasteiger partial charge is 0.480 e. The molecule has 0 saturated heterocycles. The van der Waals surface area contributed by atoms with E-state index in [0.717, 1.165) is 11.5 Å². The van der Waals surface area contributed by atoms with Gasteiger partial charge in [-0.25, -0.2) is 9.59 Å². The molecule has 0 aliphatic heterocycles. The van der Waals surface area contributed by atoms with Crippen molar-refractivity contribution in [2.75, 3.05) is 0 Å². The number of ether oxygens (including phenoxy) is 1. The molecule has 2 N–H and O–H groups in total. The maximum atomic E-state index is 11.5. The molecule has 1 rings (SSSR count). The minimum Gasteiger partial charge on any atom is -0.480 e. The van der Waals surface area contributed by atoms with E-state index in [9.17, 15) is 9.59 Å². The molecular weight excluding hydrogens is 258 g/mol. The number of hydrogen-bond donors (Lipinski definition) is 2. The summed E-state index contributed by atoms with van der Waals surface area (Å²) in [5.74, 6) is -1.14. The van der Waals surface area contributed by atoms with Crippen LogP contribution in [0.2, 0.25) is 0 Å². The van der Waals surface area contributed by atoms with Crippen LogP contribution >= 0.6 is 11.5 Å². The van der Waals surface area contributed by atoms with Crippen LogP contribution in [0.25, 0.3) is 0 Å². The van der Waals surface area contributed by atoms with Gasteiger partial charge in [-0.2, -0.15) is 0 Å². The van der Waals surface area contributed by atoms with Crippen LogP contribution in [0.15, 0.2) is 5.38 Å². The summed E-state index contributed by atoms with van der Waals surface area (Å²) in [5.41, 5.74) is -0.154. The lowest BCUT2D eigenvalue weighted by Gasteiger charge is -2.21. The molecule has 8 heteroatoms. The van der Waals surface area contributed by atoms with Gasteiger partial charge >= 0.3 is 12.1 Å². The molecule has 0 spiro atoms. The highest BCUT2D eigenvalue weighted by Crippen LogP contribution is 2.08. The predicted octanol–water partition coefficient (Wildman–Crippen LogP) is 1.06. The lowest BCUT2D eigenvalue weighted by atomic mass is 10.2. The van der Waals surface area contributed by atoms with Crippen LogP contribution in [0.1, 0.15) is 26.5 Å². The number of carbonyl (C=O) groups is 2. The molecule has 1 amide bonds. The van der Waals surface area contributed by atoms with E-state index in [2.05, 4.69) is 14.9 Å². The first-order valence-electron chi connectivity index (χ1n) is 5.26. The van der Waals surface area contributed by atoms with Gasteiger partial charge in [0.05, 0.1) is 5.69 Å². The second-order valence-corrected chi connectivity index (χ2v) is 5.25. The minimum atomic E-state index is -1.14. The van der Waals surface area contributed by atoms with Crippen LogP contribution in [0.5, 0.6) is 0 Å². The normalized spacial score (nSPS) is 12.8. The first-order valence-corrected chi connectivity index (χ1v) is 6.10. The van der Waals surface area contributed by atoms with Gasteiger partial charge < -0.3 is 15.2 Å². The van der Waals surface area contributed by atoms with Gasteiger partial charge in [0.2, 0.25) is 0 Å². The Balaban J connectivity index is 2.58. The fourth-order valence-corrected chi connectivity index (χ4v) is 1.60. The van der Waals surface area contributed by atoms with Gasteiger partial charge in [-0.1, -0.05) is 4.49 Å². The highest BCUT2D eigenvalue weighted by Gasteiger charge is 2.24. The van der Waals surface area contributed by atoms with Crippen molar-refractivity contribution in [1.29, 1.82) is 0 Å². The Kier molecular flexibility index (Phi) is 4.60. The summed E-state index contributed by atoms with van der Waals surface area (Å²) in [6, 6.07) is -1.08. The Bertz CT molecular complexity index is 413. The van der Waals surface area contributed by atoms with Crippen molar-refractivity contribution in [3.63, 3.8) is 0 Å². The molecule has 7 nitrogen and oxygen atoms in total. The monoisotopic (exact) mass is 273 g/mol. The second kappa shape index (κ2) is 5.76. The maximum absolute atomic E-state index is 11.5. The molecule has 0 saturated carbocycles. The fraction of sp³-hybridized carbons (Fsp3) is 0.600. The Morgan fingerprint density at radius 1 is 1.56 bits per heavy atom. The summed E-state index contributed by atoms with van der Waals surface area (Å²) < 4.78 is 8.62. The molecule has 0 aliphatic rings. The summed E-state index contributed by atoms with van der Waals surface area (Å²) in [7, 11) is 0. The molecule has 1 aromatic rings. The number of nitrogens with one attached hydrogen (secondary N) is 1. The van der Waals surface area contributed by atoms with Crippen LogP contribution in [-0.4, -0.2) is 38.4 Å². The summed E-state index contributed by atoms with van der Waals surface area (Å²) >= 11 is 1.12. The van der Waals surface area contributed by atoms with Gasteiger partial charge in [-0.3, -0.25) is 0 Å². The highest BCUT2D eigenvalue weighted by molar-refractivity contribution is 7.03. The molecule has 1 aromatic heterocycles. The smallest absolute Gasteiger partial charge is 0.408 e. The minimum absolute atomic E-state index is 0.0745. The quantitative estimate of drug-likeness (QED) is 0.850. The third-order valence-electron chi connectivity index (χ3n) is 1.81. The van der Waals surface area contributed by atoms with E-state index >= 15 is 0 Å². The van der Waals surface area contributed by atoms with E-state index in [0.29, 0.717) is 5.69 Å². The van der Waals surface area contributed by atoms with Gasteiger partial charge in [-0.15, -0.1) is 5.10 Å². The predicted molar refractivity (Wildman–Crippen MR) is 64.4 cm³/mol. The van der Waals surface area contributed by atoms with Crippen molar-refractivity contribution in [2.45, 2.75) is 38.8 Å². The van der Waals surface area contributed by atoms with Crippen LogP contribution in [-0.2, 0) is 16.0 Å². The van der Waals surface area contributed by atoms with Crippen molar-refractivity contribution in [2.24, 2.45) is 0 Å². The van der Waals surface area contributed by atoms with E-state index in [1.165, 1.54) is 0 Å². The van der Waals surface area contributed by atoms with Crippen LogP contribution in [0, 0.1) is 0 Å². The van der Waals surface area contributed by atoms with Gasteiger partial charge in [0.1, 0.15) is 11.6 Å². The Labute approximate surface area is 108 Å². The first kappa shape index (κ1) is 14.4. The van der Waals surface area contributed by atoms with E-state index in [1.807, 2.05) is 0 Å². The maximum Gasteiger partial charge on any atom is 0.408 e. The molecule has 0 aromatic carbocycles. The summed E-state index contributed by atoms with van der Waals surface area (Å²) in [6.45, 7) is 5.10. The molecule has 0 bridgehead atoms. The average Bonchev–Trinajstić information content (AvgIpc) is 2.66. The fourth-order valence-electron chi connectivity index (χ4n) is 1.13. The summed E-state index contributed by atoms with van der Waals surface area (Å²) in [4.78, 5) is 22.5. The first-order chi connectivity index (χ1) is 8.28. The molecule has 18 heavy (non-hydrogen) atoms. The standard InChI is InChI=1S/C10H15N3O4S/c1-10(2,3)17-9(16)11-7(8(14)15)4-6-5-18-13-12-6/h5,7H,4H2,1-3H3,(H,11,16)(H,14,15). The van der Waals surface area contributed by atoms with Gasteiger partial charge in [0, 0.05) is 11.8 Å². The number of aliphatic carboxylic acids is 1. The van der Waals surface area contributed by atoms with Crippen molar-refractivity contribution in [3.05, 3.63) is 11.1 Å². The van der Waals surface area contributed by atoms with Crippen LogP contribution in [0.4, 0.5) is 4.79 Å². The lowest BCUT2D eigenvalue weighted by Crippen LogP contribution is -2.44. The topological polar surface area (TPSA) is 101 Å². The zero-order valence-electron chi connectivity index (χ0n) is 10.3. The number of amides is 1. The second-order valence-electron chi connectivity index (χ2n) is 4.64. The van der Waals surface area contributed by atoms with Gasteiger partial charge in [0.15, 0.2) is 0 Å². The van der Waals surface area contributed by atoms with Crippen molar-refractivity contribution >= 4 is 23.6 Å². The van der Waals surface area contributed by atoms with Gasteiger partial charge in [0.25, 0.3) is 0 Å². The van der Waals surface area contributed by atoms with E-state index in [-0.39, 0.29) is 6.42 Å². The molecule has 0 radical (unpaired) electrons. The summed E-state index contributed by atoms with van der Waals surface area (Å²) in [6.07, 6.45) is -0.691. The van der Waals surface area contributed by atoms with Gasteiger partial charge in [-0.05, 0) is 32.3 Å². The zero-order chi connectivity index (χ0) is 13.8. The SMILES string of the molecule is CC(C)(C)OC(=O)NC(Cc1csnn1)C(=O)O. The Morgan fingerprint density at radius 2 is 2.22 bits per heavy atom. The van der Waals surface area contributed by atoms with E-state index < -0.39 is 23.7 Å². The molecule has 1 atom stereocenters. The summed E-state index contributed by atoms with van der Waals surface area (Å²) in [5, 5.41) is 16.7. The Hall–Kier alpha value is -1.70. The van der Waals surface area contributed by atoms with E-state index in [1.54, 1.807) is 26.2 Å². The zero-order valence-corrected chi connectivity index (χ0v) is 11.2. The molecule has 100 valence electrons. The number of nitrogens with zero attached hydrogens (tertiary/aromatic N) is 2. The van der Waals surface area contributed by atoms with Crippen molar-refractivity contribution in [1.82, 2.24) is 14.9 Å². The molecule has 0 aliphatic carbocycles. The van der Waals surface area contributed by atoms with Crippen LogP contribution in [0.3, 0.4) is 0 Å². The number of carbonyl (C=O) groups excluding carboxylic acids is 1. The number of aromatic nitrogens is 2. The Morgan fingerprint density at radius 3 is 2.67 bits per heavy atom. The third-order valence-corrected chi connectivity index (χ3v) is 2.36. The van der Waals surface area contributed by atoms with Crippen LogP contribution < -0.4 is 5.32 Å². The molecular formula is C10H15N3O4S. The molecule has 1 heterocycles. The molecule has 0 fully saturated rings. The lowest BCUT2D eigenvalue weighted by molar-refractivity contribution is -0.139. The number of alkyl carbamates (subject to hydrolysis) is 1. The number of hydrogen-bond acceptors (Lipinski definition) is 6. The molecule has 1 unspecified atom stereocenters. The average molecular weight is 273 g/mol. The number of carboxylic acids is 1. The number of carboxylic acid groups (broad SMARTS) is 1. The number of rotatable bonds is 4. The third kappa shape index (κ3) is 5.09. The van der Waals surface area contributed by atoms with E-state index in [4.69, 9.17) is 9.84 Å².